The molecule has 0 unspecified atom stereocenters. The molecule has 1 saturated heterocycles. The molecule has 0 atom stereocenters. The Morgan fingerprint density at radius 1 is 0.957 bits per heavy atom. The molecule has 0 aliphatic carbocycles. The van der Waals surface area contributed by atoms with Crippen molar-refractivity contribution in [1.29, 1.82) is 0 Å². The van der Waals surface area contributed by atoms with Crippen LogP contribution in [0.4, 0.5) is 0 Å². The summed E-state index contributed by atoms with van der Waals surface area (Å²) < 4.78 is 23.9. The monoisotopic (exact) mass is 347 g/mol. The van der Waals surface area contributed by atoms with Gasteiger partial charge >= 0.3 is 0 Å². The highest BCUT2D eigenvalue weighted by molar-refractivity contribution is 6.31. The number of hydrogen-bond acceptors (Lipinski definition) is 5. The van der Waals surface area contributed by atoms with E-state index in [-0.39, 0.29) is 17.2 Å². The average molecular weight is 348 g/mol. The molecule has 1 fully saturated rings. The van der Waals surface area contributed by atoms with Gasteiger partial charge in [-0.1, -0.05) is 0 Å². The van der Waals surface area contributed by atoms with Crippen molar-refractivity contribution in [1.82, 2.24) is 5.32 Å². The molecule has 0 bridgehead atoms. The van der Waals surface area contributed by atoms with Crippen molar-refractivity contribution in [2.24, 2.45) is 0 Å². The highest BCUT2D eigenvalue weighted by atomic mass is 28.2. The highest BCUT2D eigenvalue weighted by Crippen LogP contribution is 2.30. The third-order valence-corrected chi connectivity index (χ3v) is 5.72. The molecule has 0 radical (unpaired) electrons. The van der Waals surface area contributed by atoms with Gasteiger partial charge in [0.2, 0.25) is 9.76 Å². The molecule has 1 aliphatic heterocycles. The Morgan fingerprint density at radius 2 is 1.48 bits per heavy atom. The molecule has 0 aromatic heterocycles. The van der Waals surface area contributed by atoms with Crippen molar-refractivity contribution in [3.63, 3.8) is 0 Å². The van der Waals surface area contributed by atoms with Crippen LogP contribution in [-0.2, 0) is 18.6 Å². The van der Waals surface area contributed by atoms with E-state index in [2.05, 4.69) is 33.0 Å². The van der Waals surface area contributed by atoms with Crippen LogP contribution in [0.25, 0.3) is 0 Å². The standard InChI is InChI=1S/C17H37NO4Si/c1-8-19-13-17(20-9-2,21-10-3)23-22-14-11-15(4,5)18-16(6,7)12-14/h14,18H,8-13,23H2,1-7H3. The first-order chi connectivity index (χ1) is 10.7. The number of rotatable bonds is 10. The van der Waals surface area contributed by atoms with E-state index in [9.17, 15) is 0 Å². The number of piperidine rings is 1. The van der Waals surface area contributed by atoms with Crippen molar-refractivity contribution < 1.29 is 18.6 Å². The van der Waals surface area contributed by atoms with Gasteiger partial charge in [0.25, 0.3) is 0 Å². The van der Waals surface area contributed by atoms with Gasteiger partial charge in [-0.2, -0.15) is 0 Å². The SMILES string of the molecule is CCOCC(OCC)(OCC)[SiH2]OC1CC(C)(C)NC(C)(C)C1. The largest absolute Gasteiger partial charge is 0.415 e. The van der Waals surface area contributed by atoms with Gasteiger partial charge in [0, 0.05) is 37.0 Å². The van der Waals surface area contributed by atoms with Crippen molar-refractivity contribution in [3.8, 4) is 0 Å². The summed E-state index contributed by atoms with van der Waals surface area (Å²) in [5.41, 5.74) is -0.500. The highest BCUT2D eigenvalue weighted by Gasteiger charge is 2.40. The van der Waals surface area contributed by atoms with Gasteiger partial charge in [-0.25, -0.2) is 0 Å². The Morgan fingerprint density at radius 3 is 1.91 bits per heavy atom. The zero-order chi connectivity index (χ0) is 17.6. The molecule has 0 saturated carbocycles. The zero-order valence-electron chi connectivity index (χ0n) is 16.2. The second-order valence-electron chi connectivity index (χ2n) is 7.65. The Hall–Kier alpha value is 0.0169. The Kier molecular flexibility index (Phi) is 8.17. The van der Waals surface area contributed by atoms with Gasteiger partial charge in [0.05, 0.1) is 6.61 Å². The van der Waals surface area contributed by atoms with Gasteiger partial charge < -0.3 is 24.0 Å². The van der Waals surface area contributed by atoms with Crippen LogP contribution >= 0.6 is 0 Å². The molecule has 23 heavy (non-hydrogen) atoms. The summed E-state index contributed by atoms with van der Waals surface area (Å²) in [6, 6.07) is 0. The molecule has 5 nitrogen and oxygen atoms in total. The van der Waals surface area contributed by atoms with E-state index in [4.69, 9.17) is 18.6 Å². The van der Waals surface area contributed by atoms with E-state index < -0.39 is 15.2 Å². The fraction of sp³-hybridized carbons (Fsp3) is 1.00. The van der Waals surface area contributed by atoms with Crippen molar-refractivity contribution >= 4 is 9.76 Å². The Labute approximate surface area is 144 Å². The molecule has 0 spiro atoms. The lowest BCUT2D eigenvalue weighted by atomic mass is 9.81. The van der Waals surface area contributed by atoms with Crippen molar-refractivity contribution in [2.45, 2.75) is 83.9 Å². The van der Waals surface area contributed by atoms with E-state index in [1.807, 2.05) is 20.8 Å². The zero-order valence-corrected chi connectivity index (χ0v) is 17.6. The quantitative estimate of drug-likeness (QED) is 0.485. The second-order valence-corrected chi connectivity index (χ2v) is 9.35. The van der Waals surface area contributed by atoms with E-state index >= 15 is 0 Å². The smallest absolute Gasteiger partial charge is 0.231 e. The second kappa shape index (κ2) is 8.92. The topological polar surface area (TPSA) is 49.0 Å². The third-order valence-electron chi connectivity index (χ3n) is 4.03. The number of hydrogen-bond donors (Lipinski definition) is 1. The fourth-order valence-corrected chi connectivity index (χ4v) is 5.15. The van der Waals surface area contributed by atoms with Gasteiger partial charge in [-0.05, 0) is 61.3 Å². The van der Waals surface area contributed by atoms with Crippen LogP contribution < -0.4 is 5.32 Å². The third kappa shape index (κ3) is 7.19. The molecule has 0 aromatic rings. The molecule has 1 heterocycles. The van der Waals surface area contributed by atoms with Crippen molar-refractivity contribution in [3.05, 3.63) is 0 Å². The molecule has 1 aliphatic rings. The maximum atomic E-state index is 6.39. The summed E-state index contributed by atoms with van der Waals surface area (Å²) in [7, 11) is -1.06. The van der Waals surface area contributed by atoms with E-state index in [1.165, 1.54) is 0 Å². The van der Waals surface area contributed by atoms with Crippen LogP contribution in [0.15, 0.2) is 0 Å². The summed E-state index contributed by atoms with van der Waals surface area (Å²) in [5.74, 6) is 0. The van der Waals surface area contributed by atoms with Gasteiger partial charge in [-0.3, -0.25) is 0 Å². The maximum Gasteiger partial charge on any atom is 0.231 e. The van der Waals surface area contributed by atoms with Crippen LogP contribution in [0.5, 0.6) is 0 Å². The Balaban J connectivity index is 2.71. The summed E-state index contributed by atoms with van der Waals surface area (Å²) in [5, 5.41) is 3.69. The molecule has 1 rings (SSSR count). The number of ether oxygens (including phenoxy) is 3. The predicted molar refractivity (Wildman–Crippen MR) is 96.4 cm³/mol. The van der Waals surface area contributed by atoms with Gasteiger partial charge in [0.15, 0.2) is 5.41 Å². The summed E-state index contributed by atoms with van der Waals surface area (Å²) >= 11 is 0. The normalized spacial score (nSPS) is 22.0. The first-order valence-electron chi connectivity index (χ1n) is 8.94. The minimum atomic E-state index is -1.06. The van der Waals surface area contributed by atoms with E-state index in [0.717, 1.165) is 12.8 Å². The van der Waals surface area contributed by atoms with Crippen LogP contribution in [0.1, 0.15) is 61.3 Å². The fourth-order valence-electron chi connectivity index (χ4n) is 3.62. The van der Waals surface area contributed by atoms with Crippen LogP contribution in [0.3, 0.4) is 0 Å². The average Bonchev–Trinajstić information content (AvgIpc) is 2.40. The van der Waals surface area contributed by atoms with Gasteiger partial charge in [-0.15, -0.1) is 0 Å². The first kappa shape index (κ1) is 21.1. The lowest BCUT2D eigenvalue weighted by Gasteiger charge is -2.47. The van der Waals surface area contributed by atoms with Crippen LogP contribution in [0, 0.1) is 0 Å². The molecular formula is C17H37NO4Si. The molecule has 6 heteroatoms. The van der Waals surface area contributed by atoms with Crippen molar-refractivity contribution in [2.75, 3.05) is 26.4 Å². The number of nitrogens with one attached hydrogen (secondary N) is 1. The molecular weight excluding hydrogens is 310 g/mol. The van der Waals surface area contributed by atoms with Crippen LogP contribution in [-0.4, -0.2) is 58.8 Å². The lowest BCUT2D eigenvalue weighted by Crippen LogP contribution is -2.60. The molecule has 0 aromatic carbocycles. The van der Waals surface area contributed by atoms with Gasteiger partial charge in [0.1, 0.15) is 0 Å². The molecule has 138 valence electrons. The lowest BCUT2D eigenvalue weighted by molar-refractivity contribution is -0.211. The van der Waals surface area contributed by atoms with E-state index in [1.54, 1.807) is 0 Å². The van der Waals surface area contributed by atoms with Crippen LogP contribution in [0.2, 0.25) is 0 Å². The summed E-state index contributed by atoms with van der Waals surface area (Å²) in [6.07, 6.45) is 2.26. The summed E-state index contributed by atoms with van der Waals surface area (Å²) in [6.45, 7) is 17.3. The minimum absolute atomic E-state index is 0.0840. The maximum absolute atomic E-state index is 6.39. The summed E-state index contributed by atoms with van der Waals surface area (Å²) in [4.78, 5) is 0. The van der Waals surface area contributed by atoms with E-state index in [0.29, 0.717) is 26.4 Å². The first-order valence-corrected chi connectivity index (χ1v) is 10.2. The molecule has 0 amide bonds. The predicted octanol–water partition coefficient (Wildman–Crippen LogP) is 2.16. The Bertz CT molecular complexity index is 327. The molecule has 1 N–H and O–H groups in total. The minimum Gasteiger partial charge on any atom is -0.415 e.